The van der Waals surface area contributed by atoms with Gasteiger partial charge in [-0.15, -0.1) is 5.10 Å². The Labute approximate surface area is 156 Å². The van der Waals surface area contributed by atoms with E-state index in [0.717, 1.165) is 12.8 Å². The zero-order valence-corrected chi connectivity index (χ0v) is 16.0. The average Bonchev–Trinajstić information content (AvgIpc) is 3.05. The molecule has 1 aromatic carbocycles. The monoisotopic (exact) mass is 401 g/mol. The van der Waals surface area contributed by atoms with Crippen molar-refractivity contribution in [2.45, 2.75) is 50.8 Å². The van der Waals surface area contributed by atoms with Gasteiger partial charge >= 0.3 is 5.97 Å². The molecule has 1 heterocycles. The highest BCUT2D eigenvalue weighted by molar-refractivity contribution is 7.89. The molecule has 9 nitrogen and oxygen atoms in total. The predicted octanol–water partition coefficient (Wildman–Crippen LogP) is 1.54. The lowest BCUT2D eigenvalue weighted by molar-refractivity contribution is -0.146. The Morgan fingerprint density at radius 3 is 2.69 bits per heavy atom. The van der Waals surface area contributed by atoms with E-state index in [-0.39, 0.29) is 11.5 Å². The Hall–Kier alpha value is -2.04. The molecular weight excluding hydrogens is 382 g/mol. The number of nitrogens with one attached hydrogen (secondary N) is 1. The fraction of sp³-hybridized carbons (Fsp3) is 0.467. The highest BCUT2D eigenvalue weighted by Gasteiger charge is 2.23. The molecule has 0 radical (unpaired) electrons. The van der Waals surface area contributed by atoms with Crippen molar-refractivity contribution in [1.82, 2.24) is 24.9 Å². The molecular formula is C15H20ClN5O4S. The third-order valence-corrected chi connectivity index (χ3v) is 5.29. The molecule has 142 valence electrons. The number of hydrogen-bond donors (Lipinski definition) is 1. The Kier molecular flexibility index (Phi) is 7.06. The number of carbonyl (C=O) groups is 1. The van der Waals surface area contributed by atoms with E-state index in [4.69, 9.17) is 16.3 Å². The second-order valence-electron chi connectivity index (χ2n) is 5.58. The number of esters is 1. The molecule has 0 bridgehead atoms. The SMILES string of the molecule is CCCCn1nnnc1COC(=O)[C@H](C)NS(=O)(=O)c1ccc(Cl)cc1. The summed E-state index contributed by atoms with van der Waals surface area (Å²) in [6.45, 7) is 3.92. The molecule has 1 atom stereocenters. The van der Waals surface area contributed by atoms with Gasteiger partial charge in [-0.05, 0) is 48.0 Å². The van der Waals surface area contributed by atoms with Crippen LogP contribution in [0.3, 0.4) is 0 Å². The van der Waals surface area contributed by atoms with Crippen LogP contribution in [0, 0.1) is 0 Å². The summed E-state index contributed by atoms with van der Waals surface area (Å²) in [6, 6.07) is 4.54. The number of rotatable bonds is 9. The van der Waals surface area contributed by atoms with Crippen LogP contribution in [0.2, 0.25) is 5.02 Å². The van der Waals surface area contributed by atoms with Gasteiger partial charge in [-0.3, -0.25) is 4.79 Å². The van der Waals surface area contributed by atoms with Crippen LogP contribution in [0.5, 0.6) is 0 Å². The minimum Gasteiger partial charge on any atom is -0.456 e. The maximum absolute atomic E-state index is 12.3. The van der Waals surface area contributed by atoms with Crippen molar-refractivity contribution in [3.05, 3.63) is 35.1 Å². The molecule has 0 saturated carbocycles. The van der Waals surface area contributed by atoms with Crippen LogP contribution in [0.25, 0.3) is 0 Å². The van der Waals surface area contributed by atoms with Crippen LogP contribution in [-0.4, -0.2) is 40.6 Å². The lowest BCUT2D eigenvalue weighted by Gasteiger charge is -2.13. The number of hydrogen-bond acceptors (Lipinski definition) is 7. The van der Waals surface area contributed by atoms with Crippen LogP contribution in [0.1, 0.15) is 32.5 Å². The Morgan fingerprint density at radius 1 is 1.35 bits per heavy atom. The lowest BCUT2D eigenvalue weighted by atomic mass is 10.3. The number of benzene rings is 1. The lowest BCUT2D eigenvalue weighted by Crippen LogP contribution is -2.39. The van der Waals surface area contributed by atoms with E-state index in [1.807, 2.05) is 6.92 Å². The van der Waals surface area contributed by atoms with Crippen molar-refractivity contribution in [3.63, 3.8) is 0 Å². The second kappa shape index (κ2) is 9.06. The Balaban J connectivity index is 1.93. The van der Waals surface area contributed by atoms with Crippen LogP contribution in [-0.2, 0) is 32.7 Å². The number of carbonyl (C=O) groups excluding carboxylic acids is 1. The first-order valence-electron chi connectivity index (χ1n) is 8.03. The number of ether oxygens (including phenoxy) is 1. The van der Waals surface area contributed by atoms with Crippen molar-refractivity contribution in [2.24, 2.45) is 0 Å². The van der Waals surface area contributed by atoms with Gasteiger partial charge in [0.05, 0.1) is 4.90 Å². The molecule has 11 heteroatoms. The first kappa shape index (κ1) is 20.3. The van der Waals surface area contributed by atoms with E-state index in [9.17, 15) is 13.2 Å². The van der Waals surface area contributed by atoms with Crippen LogP contribution in [0.4, 0.5) is 0 Å². The zero-order valence-electron chi connectivity index (χ0n) is 14.4. The predicted molar refractivity (Wildman–Crippen MR) is 93.8 cm³/mol. The normalized spacial score (nSPS) is 12.7. The van der Waals surface area contributed by atoms with Crippen LogP contribution in [0.15, 0.2) is 29.2 Å². The highest BCUT2D eigenvalue weighted by Crippen LogP contribution is 2.14. The topological polar surface area (TPSA) is 116 Å². The average molecular weight is 402 g/mol. The van der Waals surface area contributed by atoms with Crippen LogP contribution >= 0.6 is 11.6 Å². The molecule has 0 spiro atoms. The van der Waals surface area contributed by atoms with Gasteiger partial charge in [-0.2, -0.15) is 4.72 Å². The zero-order chi connectivity index (χ0) is 19.2. The van der Waals surface area contributed by atoms with Gasteiger partial charge in [0.15, 0.2) is 12.4 Å². The maximum Gasteiger partial charge on any atom is 0.324 e. The smallest absolute Gasteiger partial charge is 0.324 e. The summed E-state index contributed by atoms with van der Waals surface area (Å²) in [6.07, 6.45) is 1.87. The molecule has 2 rings (SSSR count). The van der Waals surface area contributed by atoms with Gasteiger partial charge in [0, 0.05) is 11.6 Å². The van der Waals surface area contributed by atoms with Gasteiger partial charge in [-0.1, -0.05) is 24.9 Å². The summed E-state index contributed by atoms with van der Waals surface area (Å²) in [4.78, 5) is 12.1. The third-order valence-electron chi connectivity index (χ3n) is 3.48. The molecule has 0 aliphatic heterocycles. The van der Waals surface area contributed by atoms with E-state index in [0.29, 0.717) is 17.4 Å². The molecule has 1 N–H and O–H groups in total. The summed E-state index contributed by atoms with van der Waals surface area (Å²) < 4.78 is 33.5. The molecule has 0 aliphatic carbocycles. The van der Waals surface area contributed by atoms with E-state index >= 15 is 0 Å². The summed E-state index contributed by atoms with van der Waals surface area (Å²) >= 11 is 5.74. The second-order valence-corrected chi connectivity index (χ2v) is 7.73. The standard InChI is InChI=1S/C15H20ClN5O4S/c1-3-4-9-21-14(17-19-20-21)10-25-15(22)11(2)18-26(23,24)13-7-5-12(16)6-8-13/h5-8,11,18H,3-4,9-10H2,1-2H3/t11-/m0/s1. The summed E-state index contributed by atoms with van der Waals surface area (Å²) in [5.74, 6) is -0.327. The third kappa shape index (κ3) is 5.48. The number of sulfonamides is 1. The van der Waals surface area contributed by atoms with Gasteiger partial charge in [0.25, 0.3) is 0 Å². The molecule has 26 heavy (non-hydrogen) atoms. The van der Waals surface area contributed by atoms with E-state index in [2.05, 4.69) is 20.2 Å². The number of nitrogens with zero attached hydrogens (tertiary/aromatic N) is 4. The number of aromatic nitrogens is 4. The van der Waals surface area contributed by atoms with Crippen molar-refractivity contribution in [2.75, 3.05) is 0 Å². The summed E-state index contributed by atoms with van der Waals surface area (Å²) in [7, 11) is -3.87. The van der Waals surface area contributed by atoms with Crippen molar-refractivity contribution in [3.8, 4) is 0 Å². The molecule has 0 aliphatic rings. The Morgan fingerprint density at radius 2 is 2.04 bits per heavy atom. The fourth-order valence-corrected chi connectivity index (χ4v) is 3.35. The molecule has 0 amide bonds. The largest absolute Gasteiger partial charge is 0.456 e. The maximum atomic E-state index is 12.3. The Bertz CT molecular complexity index is 838. The molecule has 0 saturated heterocycles. The van der Waals surface area contributed by atoms with Gasteiger partial charge in [0.1, 0.15) is 6.04 Å². The molecule has 0 fully saturated rings. The van der Waals surface area contributed by atoms with Crippen LogP contribution < -0.4 is 4.72 Å². The van der Waals surface area contributed by atoms with Gasteiger partial charge < -0.3 is 4.74 Å². The molecule has 0 unspecified atom stereocenters. The van der Waals surface area contributed by atoms with E-state index in [1.165, 1.54) is 31.2 Å². The summed E-state index contributed by atoms with van der Waals surface area (Å²) in [5, 5.41) is 11.6. The van der Waals surface area contributed by atoms with Crippen molar-refractivity contribution >= 4 is 27.6 Å². The highest BCUT2D eigenvalue weighted by atomic mass is 35.5. The number of unbranched alkanes of at least 4 members (excludes halogenated alkanes) is 1. The van der Waals surface area contributed by atoms with E-state index in [1.54, 1.807) is 4.68 Å². The quantitative estimate of drug-likeness (QED) is 0.633. The molecule has 1 aromatic heterocycles. The first-order chi connectivity index (χ1) is 12.3. The number of tetrazole rings is 1. The van der Waals surface area contributed by atoms with Crippen molar-refractivity contribution < 1.29 is 17.9 Å². The first-order valence-corrected chi connectivity index (χ1v) is 9.89. The number of aryl methyl sites for hydroxylation is 1. The minimum absolute atomic E-state index is 0.00468. The fourth-order valence-electron chi connectivity index (χ4n) is 2.03. The van der Waals surface area contributed by atoms with Gasteiger partial charge in [0.2, 0.25) is 10.0 Å². The van der Waals surface area contributed by atoms with E-state index < -0.39 is 22.0 Å². The summed E-state index contributed by atoms with van der Waals surface area (Å²) in [5.41, 5.74) is 0. The van der Waals surface area contributed by atoms with Crippen molar-refractivity contribution in [1.29, 1.82) is 0 Å². The van der Waals surface area contributed by atoms with Gasteiger partial charge in [-0.25, -0.2) is 13.1 Å². The molecule has 2 aromatic rings. The minimum atomic E-state index is -3.87. The number of halogens is 1.